The van der Waals surface area contributed by atoms with Gasteiger partial charge in [-0.1, -0.05) is 23.8 Å². The van der Waals surface area contributed by atoms with Crippen LogP contribution >= 0.6 is 0 Å². The van der Waals surface area contributed by atoms with Crippen LogP contribution < -0.4 is 23.8 Å². The van der Waals surface area contributed by atoms with Gasteiger partial charge in [-0.2, -0.15) is 0 Å². The molecule has 3 aromatic rings. The van der Waals surface area contributed by atoms with Crippen molar-refractivity contribution in [2.45, 2.75) is 32.4 Å². The summed E-state index contributed by atoms with van der Waals surface area (Å²) >= 11 is 0. The Morgan fingerprint density at radius 1 is 0.919 bits per heavy atom. The molecule has 2 heterocycles. The number of nitrogens with zero attached hydrogens (tertiary/aromatic N) is 2. The van der Waals surface area contributed by atoms with Crippen molar-refractivity contribution in [3.63, 3.8) is 0 Å². The Balaban J connectivity index is 1.35. The number of hydrogen-bond acceptors (Lipinski definition) is 6. The predicted molar refractivity (Wildman–Crippen MR) is 143 cm³/mol. The number of carbonyl (C=O) groups is 1. The van der Waals surface area contributed by atoms with Crippen LogP contribution in [0.25, 0.3) is 0 Å². The van der Waals surface area contributed by atoms with E-state index in [1.807, 2.05) is 60.4 Å². The molecule has 0 aliphatic carbocycles. The molecule has 2 aliphatic heterocycles. The minimum Gasteiger partial charge on any atom is -0.493 e. The Hall–Kier alpha value is -3.71. The Morgan fingerprint density at radius 2 is 1.68 bits per heavy atom. The second-order valence-corrected chi connectivity index (χ2v) is 9.57. The van der Waals surface area contributed by atoms with Crippen LogP contribution in [0, 0.1) is 6.92 Å². The summed E-state index contributed by atoms with van der Waals surface area (Å²) in [7, 11) is 3.23. The highest BCUT2D eigenvalue weighted by Crippen LogP contribution is 2.35. The SMILES string of the molecule is COc1ccc(N(C(=O)c2cccc(C)c2)C2CCN(Cc3ccc4c(c3)OCCO4)CC2)cc1OC. The number of rotatable bonds is 7. The molecule has 0 spiro atoms. The summed E-state index contributed by atoms with van der Waals surface area (Å²) in [6.45, 7) is 5.81. The average Bonchev–Trinajstić information content (AvgIpc) is 2.94. The fraction of sp³-hybridized carbons (Fsp3) is 0.367. The van der Waals surface area contributed by atoms with E-state index in [1.54, 1.807) is 14.2 Å². The normalized spacial score (nSPS) is 15.8. The van der Waals surface area contributed by atoms with E-state index in [-0.39, 0.29) is 11.9 Å². The van der Waals surface area contributed by atoms with E-state index in [0.717, 1.165) is 55.2 Å². The van der Waals surface area contributed by atoms with E-state index < -0.39 is 0 Å². The highest BCUT2D eigenvalue weighted by molar-refractivity contribution is 6.06. The van der Waals surface area contributed by atoms with Crippen molar-refractivity contribution in [3.8, 4) is 23.0 Å². The molecular weight excluding hydrogens is 468 g/mol. The number of likely N-dealkylation sites (tertiary alicyclic amines) is 1. The van der Waals surface area contributed by atoms with Crippen LogP contribution in [0.2, 0.25) is 0 Å². The first-order valence-corrected chi connectivity index (χ1v) is 12.8. The lowest BCUT2D eigenvalue weighted by molar-refractivity contribution is 0.0958. The lowest BCUT2D eigenvalue weighted by Gasteiger charge is -2.39. The second kappa shape index (κ2) is 11.1. The summed E-state index contributed by atoms with van der Waals surface area (Å²) in [5.41, 5.74) is 3.77. The van der Waals surface area contributed by atoms with Gasteiger partial charge in [0.2, 0.25) is 0 Å². The average molecular weight is 503 g/mol. The monoisotopic (exact) mass is 502 g/mol. The molecule has 0 N–H and O–H groups in total. The number of aryl methyl sites for hydroxylation is 1. The lowest BCUT2D eigenvalue weighted by atomic mass is 9.99. The number of hydrogen-bond donors (Lipinski definition) is 0. The summed E-state index contributed by atoms with van der Waals surface area (Å²) in [4.78, 5) is 18.3. The Kier molecular flexibility index (Phi) is 7.51. The van der Waals surface area contributed by atoms with Gasteiger partial charge < -0.3 is 23.8 Å². The largest absolute Gasteiger partial charge is 0.493 e. The van der Waals surface area contributed by atoms with Gasteiger partial charge in [-0.05, 0) is 61.7 Å². The molecule has 0 atom stereocenters. The zero-order chi connectivity index (χ0) is 25.8. The zero-order valence-electron chi connectivity index (χ0n) is 21.7. The van der Waals surface area contributed by atoms with Gasteiger partial charge in [-0.15, -0.1) is 0 Å². The van der Waals surface area contributed by atoms with Crippen LogP contribution in [-0.4, -0.2) is 57.4 Å². The minimum atomic E-state index is 0.00112. The van der Waals surface area contributed by atoms with Gasteiger partial charge in [0.25, 0.3) is 5.91 Å². The molecular formula is C30H34N2O5. The molecule has 0 unspecified atom stereocenters. The number of fused-ring (bicyclic) bond motifs is 1. The van der Waals surface area contributed by atoms with Gasteiger partial charge in [0.05, 0.1) is 14.2 Å². The maximum absolute atomic E-state index is 13.9. The molecule has 1 amide bonds. The topological polar surface area (TPSA) is 60.5 Å². The molecule has 0 aromatic heterocycles. The third-order valence-electron chi connectivity index (χ3n) is 7.06. The molecule has 5 rings (SSSR count). The molecule has 7 nitrogen and oxygen atoms in total. The zero-order valence-corrected chi connectivity index (χ0v) is 21.7. The fourth-order valence-corrected chi connectivity index (χ4v) is 5.17. The number of benzene rings is 3. The Bertz CT molecular complexity index is 1250. The van der Waals surface area contributed by atoms with Crippen molar-refractivity contribution in [3.05, 3.63) is 77.4 Å². The van der Waals surface area contributed by atoms with E-state index in [1.165, 1.54) is 5.56 Å². The highest BCUT2D eigenvalue weighted by Gasteiger charge is 2.31. The second-order valence-electron chi connectivity index (χ2n) is 9.57. The van der Waals surface area contributed by atoms with Crippen molar-refractivity contribution >= 4 is 11.6 Å². The van der Waals surface area contributed by atoms with Gasteiger partial charge in [0.1, 0.15) is 13.2 Å². The molecule has 194 valence electrons. The summed E-state index contributed by atoms with van der Waals surface area (Å²) < 4.78 is 22.4. The molecule has 0 saturated carbocycles. The summed E-state index contributed by atoms with van der Waals surface area (Å²) in [5, 5.41) is 0. The molecule has 2 aliphatic rings. The van der Waals surface area contributed by atoms with Gasteiger partial charge in [0.15, 0.2) is 23.0 Å². The Labute approximate surface area is 218 Å². The van der Waals surface area contributed by atoms with Crippen LogP contribution in [0.4, 0.5) is 5.69 Å². The lowest BCUT2D eigenvalue weighted by Crippen LogP contribution is -2.47. The highest BCUT2D eigenvalue weighted by atomic mass is 16.6. The van der Waals surface area contributed by atoms with Crippen molar-refractivity contribution in [2.75, 3.05) is 45.4 Å². The van der Waals surface area contributed by atoms with Crippen molar-refractivity contribution in [2.24, 2.45) is 0 Å². The van der Waals surface area contributed by atoms with E-state index in [2.05, 4.69) is 17.0 Å². The fourth-order valence-electron chi connectivity index (χ4n) is 5.17. The van der Waals surface area contributed by atoms with Crippen LogP contribution in [-0.2, 0) is 6.54 Å². The van der Waals surface area contributed by atoms with E-state index in [9.17, 15) is 4.79 Å². The molecule has 0 bridgehead atoms. The Morgan fingerprint density at radius 3 is 2.41 bits per heavy atom. The third kappa shape index (κ3) is 5.52. The number of anilines is 1. The van der Waals surface area contributed by atoms with Crippen LogP contribution in [0.3, 0.4) is 0 Å². The molecule has 1 saturated heterocycles. The first-order valence-electron chi connectivity index (χ1n) is 12.8. The summed E-state index contributed by atoms with van der Waals surface area (Å²) in [6.07, 6.45) is 1.74. The number of carbonyl (C=O) groups excluding carboxylic acids is 1. The minimum absolute atomic E-state index is 0.00112. The van der Waals surface area contributed by atoms with Crippen LogP contribution in [0.1, 0.15) is 34.3 Å². The van der Waals surface area contributed by atoms with Gasteiger partial charge >= 0.3 is 0 Å². The van der Waals surface area contributed by atoms with E-state index in [0.29, 0.717) is 30.3 Å². The first kappa shape index (κ1) is 25.0. The molecule has 37 heavy (non-hydrogen) atoms. The third-order valence-corrected chi connectivity index (χ3v) is 7.06. The number of amides is 1. The van der Waals surface area contributed by atoms with Crippen molar-refractivity contribution in [1.82, 2.24) is 4.90 Å². The predicted octanol–water partition coefficient (Wildman–Crippen LogP) is 5.09. The van der Waals surface area contributed by atoms with Crippen molar-refractivity contribution < 1.29 is 23.7 Å². The van der Waals surface area contributed by atoms with E-state index >= 15 is 0 Å². The summed E-state index contributed by atoms with van der Waals surface area (Å²) in [6, 6.07) is 19.7. The van der Waals surface area contributed by atoms with Crippen molar-refractivity contribution in [1.29, 1.82) is 0 Å². The smallest absolute Gasteiger partial charge is 0.258 e. The van der Waals surface area contributed by atoms with Crippen LogP contribution in [0.5, 0.6) is 23.0 Å². The molecule has 0 radical (unpaired) electrons. The number of methoxy groups -OCH3 is 2. The standard InChI is InChI=1S/C30H34N2O5/c1-21-5-4-6-23(17-21)30(33)32(25-8-10-26(34-2)28(19-25)35-3)24-11-13-31(14-12-24)20-22-7-9-27-29(18-22)37-16-15-36-27/h4-10,17-19,24H,11-16,20H2,1-3H3. The molecule has 3 aromatic carbocycles. The first-order chi connectivity index (χ1) is 18.1. The van der Waals surface area contributed by atoms with Gasteiger partial charge in [-0.25, -0.2) is 0 Å². The molecule has 7 heteroatoms. The quantitative estimate of drug-likeness (QED) is 0.448. The maximum atomic E-state index is 13.9. The van der Waals surface area contributed by atoms with Gasteiger partial charge in [0, 0.05) is 43.0 Å². The summed E-state index contributed by atoms with van der Waals surface area (Å²) in [5.74, 6) is 2.89. The molecule has 1 fully saturated rings. The number of ether oxygens (including phenoxy) is 4. The van der Waals surface area contributed by atoms with Gasteiger partial charge in [-0.3, -0.25) is 9.69 Å². The number of piperidine rings is 1. The van der Waals surface area contributed by atoms with Crippen LogP contribution in [0.15, 0.2) is 60.7 Å². The van der Waals surface area contributed by atoms with E-state index in [4.69, 9.17) is 18.9 Å². The maximum Gasteiger partial charge on any atom is 0.258 e.